The number of esters is 1. The Kier molecular flexibility index (Phi) is 3.91. The van der Waals surface area contributed by atoms with Gasteiger partial charge in [-0.05, 0) is 13.5 Å². The lowest BCUT2D eigenvalue weighted by Gasteiger charge is -2.05. The van der Waals surface area contributed by atoms with Crippen molar-refractivity contribution in [1.29, 1.82) is 0 Å². The zero-order valence-corrected chi connectivity index (χ0v) is 10.8. The third-order valence-electron chi connectivity index (χ3n) is 2.74. The third kappa shape index (κ3) is 2.63. The molecule has 0 aliphatic rings. The second-order valence-electron chi connectivity index (χ2n) is 3.93. The van der Waals surface area contributed by atoms with E-state index in [2.05, 4.69) is 20.0 Å². The maximum absolute atomic E-state index is 11.6. The van der Waals surface area contributed by atoms with Crippen LogP contribution in [-0.4, -0.2) is 39.6 Å². The van der Waals surface area contributed by atoms with E-state index in [-0.39, 0.29) is 5.69 Å². The van der Waals surface area contributed by atoms with Gasteiger partial charge in [0.25, 0.3) is 0 Å². The van der Waals surface area contributed by atoms with Gasteiger partial charge in [-0.1, -0.05) is 5.21 Å². The fourth-order valence-corrected chi connectivity index (χ4v) is 1.72. The highest BCUT2D eigenvalue weighted by molar-refractivity contribution is 5.88. The topological polar surface area (TPSA) is 109 Å². The third-order valence-corrected chi connectivity index (χ3v) is 2.74. The fourth-order valence-electron chi connectivity index (χ4n) is 1.72. The van der Waals surface area contributed by atoms with Crippen molar-refractivity contribution in [2.45, 2.75) is 19.9 Å². The number of rotatable bonds is 5. The van der Waals surface area contributed by atoms with E-state index < -0.39 is 5.97 Å². The first-order chi connectivity index (χ1) is 9.17. The van der Waals surface area contributed by atoms with Gasteiger partial charge in [0, 0.05) is 6.42 Å². The molecule has 0 unspecified atom stereocenters. The maximum Gasteiger partial charge on any atom is 0.360 e. The van der Waals surface area contributed by atoms with Crippen LogP contribution < -0.4 is 5.73 Å². The summed E-state index contributed by atoms with van der Waals surface area (Å²) in [6, 6.07) is 0. The van der Waals surface area contributed by atoms with E-state index in [4.69, 9.17) is 10.2 Å². The van der Waals surface area contributed by atoms with E-state index in [1.54, 1.807) is 4.68 Å². The van der Waals surface area contributed by atoms with Gasteiger partial charge >= 0.3 is 5.97 Å². The molecule has 8 nitrogen and oxygen atoms in total. The second-order valence-corrected chi connectivity index (χ2v) is 3.93. The monoisotopic (exact) mass is 265 g/mol. The van der Waals surface area contributed by atoms with Crippen molar-refractivity contribution in [2.24, 2.45) is 5.73 Å². The van der Waals surface area contributed by atoms with Gasteiger partial charge < -0.3 is 14.9 Å². The van der Waals surface area contributed by atoms with Crippen molar-refractivity contribution in [2.75, 3.05) is 13.7 Å². The van der Waals surface area contributed by atoms with E-state index >= 15 is 0 Å². The number of oxazole rings is 1. The van der Waals surface area contributed by atoms with Crippen LogP contribution in [0, 0.1) is 6.92 Å². The van der Waals surface area contributed by atoms with Crippen LogP contribution in [0.2, 0.25) is 0 Å². The van der Waals surface area contributed by atoms with Crippen LogP contribution in [0.4, 0.5) is 0 Å². The average Bonchev–Trinajstić information content (AvgIpc) is 2.98. The fraction of sp³-hybridized carbons (Fsp3) is 0.455. The van der Waals surface area contributed by atoms with Crippen LogP contribution in [-0.2, 0) is 17.7 Å². The summed E-state index contributed by atoms with van der Waals surface area (Å²) in [5.41, 5.74) is 7.11. The molecule has 2 N–H and O–H groups in total. The Balaban J connectivity index is 2.32. The van der Waals surface area contributed by atoms with E-state index in [1.165, 1.54) is 13.5 Å². The summed E-state index contributed by atoms with van der Waals surface area (Å²) in [6.07, 6.45) is 1.85. The van der Waals surface area contributed by atoms with Gasteiger partial charge in [0.15, 0.2) is 12.1 Å². The van der Waals surface area contributed by atoms with Crippen molar-refractivity contribution in [3.05, 3.63) is 29.2 Å². The zero-order valence-electron chi connectivity index (χ0n) is 10.8. The standard InChI is InChI=1S/C11H15N5O3/c1-7-8(13-6-19-7)5-16-9(3-4-12)10(14-15-16)11(17)18-2/h6H,3-5,12H2,1-2H3. The molecule has 2 rings (SSSR count). The highest BCUT2D eigenvalue weighted by Gasteiger charge is 2.20. The number of carbonyl (C=O) groups excluding carboxylic acids is 1. The van der Waals surface area contributed by atoms with Crippen molar-refractivity contribution < 1.29 is 13.9 Å². The van der Waals surface area contributed by atoms with Gasteiger partial charge in [-0.3, -0.25) is 0 Å². The Labute approximate surface area is 109 Å². The van der Waals surface area contributed by atoms with Crippen LogP contribution in [0.15, 0.2) is 10.8 Å². The highest BCUT2D eigenvalue weighted by Crippen LogP contribution is 2.12. The first-order valence-electron chi connectivity index (χ1n) is 5.77. The molecule has 0 saturated carbocycles. The van der Waals surface area contributed by atoms with E-state index in [0.717, 1.165) is 5.69 Å². The molecule has 0 amide bonds. The normalized spacial score (nSPS) is 10.7. The van der Waals surface area contributed by atoms with E-state index in [0.29, 0.717) is 31.0 Å². The minimum absolute atomic E-state index is 0.189. The molecule has 102 valence electrons. The number of nitrogens with zero attached hydrogens (tertiary/aromatic N) is 4. The predicted molar refractivity (Wildman–Crippen MR) is 64.5 cm³/mol. The molecule has 2 aromatic rings. The molecule has 2 aromatic heterocycles. The van der Waals surface area contributed by atoms with Gasteiger partial charge in [0.2, 0.25) is 0 Å². The summed E-state index contributed by atoms with van der Waals surface area (Å²) >= 11 is 0. The summed E-state index contributed by atoms with van der Waals surface area (Å²) in [4.78, 5) is 15.7. The molecule has 0 fully saturated rings. The van der Waals surface area contributed by atoms with Crippen LogP contribution in [0.5, 0.6) is 0 Å². The zero-order chi connectivity index (χ0) is 13.8. The molecule has 0 spiro atoms. The second kappa shape index (κ2) is 5.61. The number of ether oxygens (including phenoxy) is 1. The predicted octanol–water partition coefficient (Wildman–Crippen LogP) is -0.0894. The largest absolute Gasteiger partial charge is 0.464 e. The smallest absolute Gasteiger partial charge is 0.360 e. The first kappa shape index (κ1) is 13.2. The molecular weight excluding hydrogens is 250 g/mol. The summed E-state index contributed by atoms with van der Waals surface area (Å²) in [5.74, 6) is 0.181. The van der Waals surface area contributed by atoms with Crippen LogP contribution >= 0.6 is 0 Å². The molecule has 0 bridgehead atoms. The number of aromatic nitrogens is 4. The Morgan fingerprint density at radius 3 is 2.95 bits per heavy atom. The lowest BCUT2D eigenvalue weighted by atomic mass is 10.2. The van der Waals surface area contributed by atoms with Gasteiger partial charge in [0.1, 0.15) is 11.5 Å². The van der Waals surface area contributed by atoms with Crippen molar-refractivity contribution in [3.63, 3.8) is 0 Å². The number of nitrogens with two attached hydrogens (primary N) is 1. The number of hydrogen-bond donors (Lipinski definition) is 1. The lowest BCUT2D eigenvalue weighted by molar-refractivity contribution is 0.0592. The number of aryl methyl sites for hydroxylation is 1. The Morgan fingerprint density at radius 1 is 1.58 bits per heavy atom. The molecule has 0 radical (unpaired) electrons. The van der Waals surface area contributed by atoms with E-state index in [1.807, 2.05) is 6.92 Å². The summed E-state index contributed by atoms with van der Waals surface area (Å²) < 4.78 is 11.4. The van der Waals surface area contributed by atoms with Gasteiger partial charge in [-0.15, -0.1) is 5.10 Å². The summed E-state index contributed by atoms with van der Waals surface area (Å²) in [7, 11) is 1.30. The molecule has 0 aliphatic carbocycles. The minimum Gasteiger partial charge on any atom is -0.464 e. The number of carbonyl (C=O) groups is 1. The molecule has 8 heteroatoms. The minimum atomic E-state index is -0.522. The first-order valence-corrected chi connectivity index (χ1v) is 5.77. The molecule has 19 heavy (non-hydrogen) atoms. The maximum atomic E-state index is 11.6. The van der Waals surface area contributed by atoms with Crippen LogP contribution in [0.3, 0.4) is 0 Å². The average molecular weight is 265 g/mol. The van der Waals surface area contributed by atoms with E-state index in [9.17, 15) is 4.79 Å². The summed E-state index contributed by atoms with van der Waals surface area (Å²) in [5, 5.41) is 7.79. The molecular formula is C11H15N5O3. The quantitative estimate of drug-likeness (QED) is 0.752. The molecule has 0 aromatic carbocycles. The van der Waals surface area contributed by atoms with Crippen LogP contribution in [0.1, 0.15) is 27.6 Å². The molecule has 2 heterocycles. The van der Waals surface area contributed by atoms with Gasteiger partial charge in [-0.25, -0.2) is 14.5 Å². The number of hydrogen-bond acceptors (Lipinski definition) is 7. The SMILES string of the molecule is COC(=O)c1nnn(Cc2ncoc2C)c1CCN. The molecule has 0 aliphatic heterocycles. The van der Waals surface area contributed by atoms with Crippen molar-refractivity contribution in [1.82, 2.24) is 20.0 Å². The van der Waals surface area contributed by atoms with Gasteiger partial charge in [-0.2, -0.15) is 0 Å². The van der Waals surface area contributed by atoms with Crippen molar-refractivity contribution in [3.8, 4) is 0 Å². The Morgan fingerprint density at radius 2 is 2.37 bits per heavy atom. The highest BCUT2D eigenvalue weighted by atomic mass is 16.5. The molecule has 0 atom stereocenters. The lowest BCUT2D eigenvalue weighted by Crippen LogP contribution is -2.15. The summed E-state index contributed by atoms with van der Waals surface area (Å²) in [6.45, 7) is 2.57. The van der Waals surface area contributed by atoms with Crippen molar-refractivity contribution >= 4 is 5.97 Å². The van der Waals surface area contributed by atoms with Crippen LogP contribution in [0.25, 0.3) is 0 Å². The number of methoxy groups -OCH3 is 1. The van der Waals surface area contributed by atoms with Gasteiger partial charge in [0.05, 0.1) is 19.3 Å². The molecule has 0 saturated heterocycles. The Hall–Kier alpha value is -2.22. The Bertz CT molecular complexity index is 575.